The van der Waals surface area contributed by atoms with Gasteiger partial charge in [-0.25, -0.2) is 0 Å². The van der Waals surface area contributed by atoms with Gasteiger partial charge in [-0.05, 0) is 25.0 Å². The molecule has 154 valence electrons. The number of carbonyl (C=O) groups is 3. The van der Waals surface area contributed by atoms with Gasteiger partial charge in [0.15, 0.2) is 0 Å². The summed E-state index contributed by atoms with van der Waals surface area (Å²) in [5.41, 5.74) is 0.746. The molecule has 0 unspecified atom stereocenters. The Balaban J connectivity index is 1.66. The zero-order valence-electron chi connectivity index (χ0n) is 16.6. The van der Waals surface area contributed by atoms with Crippen LogP contribution < -0.4 is 10.6 Å². The second-order valence-corrected chi connectivity index (χ2v) is 8.00. The minimum absolute atomic E-state index is 0.00706. The predicted octanol–water partition coefficient (Wildman–Crippen LogP) is 2.94. The topological polar surface area (TPSA) is 104 Å². The van der Waals surface area contributed by atoms with E-state index in [9.17, 15) is 14.4 Å². The summed E-state index contributed by atoms with van der Waals surface area (Å²) in [7, 11) is 0. The van der Waals surface area contributed by atoms with E-state index in [4.69, 9.17) is 0 Å². The normalized spacial score (nSPS) is 16.1. The molecule has 0 spiro atoms. The van der Waals surface area contributed by atoms with Crippen molar-refractivity contribution in [3.05, 3.63) is 34.8 Å². The number of carbonyl (C=O) groups excluding carboxylic acids is 3. The number of nitrogens with zero attached hydrogens (tertiary/aromatic N) is 3. The molecular weight excluding hydrogens is 390 g/mol. The average Bonchev–Trinajstić information content (AvgIpc) is 3.33. The lowest BCUT2D eigenvalue weighted by Crippen LogP contribution is -2.29. The maximum absolute atomic E-state index is 12.7. The number of anilines is 2. The molecule has 1 fully saturated rings. The van der Waals surface area contributed by atoms with Crippen molar-refractivity contribution >= 4 is 39.9 Å². The van der Waals surface area contributed by atoms with Crippen LogP contribution in [0.5, 0.6) is 0 Å². The number of nitrogens with one attached hydrogen (secondary N) is 2. The van der Waals surface area contributed by atoms with Crippen molar-refractivity contribution in [1.82, 2.24) is 15.1 Å². The van der Waals surface area contributed by atoms with Gasteiger partial charge in [-0.1, -0.05) is 43.7 Å². The molecule has 0 saturated carbocycles. The van der Waals surface area contributed by atoms with Crippen molar-refractivity contribution in [2.45, 2.75) is 39.5 Å². The molecule has 8 nitrogen and oxygen atoms in total. The van der Waals surface area contributed by atoms with Crippen molar-refractivity contribution < 1.29 is 14.4 Å². The third kappa shape index (κ3) is 5.17. The van der Waals surface area contributed by atoms with E-state index in [0.29, 0.717) is 29.5 Å². The molecule has 1 aromatic heterocycles. The lowest BCUT2D eigenvalue weighted by atomic mass is 10.1. The maximum atomic E-state index is 12.7. The summed E-state index contributed by atoms with van der Waals surface area (Å²) < 4.78 is 0. The van der Waals surface area contributed by atoms with Gasteiger partial charge in [0.25, 0.3) is 5.91 Å². The molecule has 0 bridgehead atoms. The molecule has 9 heteroatoms. The summed E-state index contributed by atoms with van der Waals surface area (Å²) >= 11 is 1.32. The standard InChI is InChI=1S/C20H25N5O3S/c1-3-5-10-25-12-13(11-17(25)26)18(27)21-15-9-7-6-8-14(15)19(28)22-20-24-23-16(4-2)29-20/h6-9,13H,3-5,10-12H2,1-2H3,(H,21,27)(H,22,24,28)/t13-/m0/s1. The van der Waals surface area contributed by atoms with Gasteiger partial charge in [-0.15, -0.1) is 10.2 Å². The highest BCUT2D eigenvalue weighted by atomic mass is 32.1. The second kappa shape index (κ2) is 9.60. The van der Waals surface area contributed by atoms with E-state index in [0.717, 1.165) is 24.3 Å². The van der Waals surface area contributed by atoms with E-state index < -0.39 is 5.92 Å². The van der Waals surface area contributed by atoms with E-state index in [1.165, 1.54) is 11.3 Å². The van der Waals surface area contributed by atoms with Gasteiger partial charge in [0.05, 0.1) is 17.2 Å². The van der Waals surface area contributed by atoms with Gasteiger partial charge in [-0.2, -0.15) is 0 Å². The molecule has 2 aromatic rings. The van der Waals surface area contributed by atoms with Crippen LogP contribution in [0.2, 0.25) is 0 Å². The third-order valence-corrected chi connectivity index (χ3v) is 5.77. The largest absolute Gasteiger partial charge is 0.342 e. The Bertz CT molecular complexity index is 898. The van der Waals surface area contributed by atoms with Gasteiger partial charge in [0.1, 0.15) is 5.01 Å². The Hall–Kier alpha value is -2.81. The van der Waals surface area contributed by atoms with E-state index in [2.05, 4.69) is 27.8 Å². The van der Waals surface area contributed by atoms with Crippen molar-refractivity contribution in [3.63, 3.8) is 0 Å². The number of rotatable bonds is 8. The van der Waals surface area contributed by atoms with Crippen molar-refractivity contribution in [2.24, 2.45) is 5.92 Å². The SMILES string of the molecule is CCCCN1C[C@@H](C(=O)Nc2ccccc2C(=O)Nc2nnc(CC)s2)CC1=O. The van der Waals surface area contributed by atoms with Gasteiger partial charge in [-0.3, -0.25) is 19.7 Å². The number of hydrogen-bond donors (Lipinski definition) is 2. The fourth-order valence-corrected chi connectivity index (χ4v) is 3.82. The minimum Gasteiger partial charge on any atom is -0.342 e. The van der Waals surface area contributed by atoms with Gasteiger partial charge in [0.2, 0.25) is 16.9 Å². The van der Waals surface area contributed by atoms with Crippen molar-refractivity contribution in [2.75, 3.05) is 23.7 Å². The Morgan fingerprint density at radius 2 is 2.00 bits per heavy atom. The number of unbranched alkanes of at least 4 members (excludes halogenated alkanes) is 1. The van der Waals surface area contributed by atoms with Crippen LogP contribution in [0.1, 0.15) is 48.5 Å². The van der Waals surface area contributed by atoms with Crippen LogP contribution in [-0.2, 0) is 16.0 Å². The monoisotopic (exact) mass is 415 g/mol. The first-order chi connectivity index (χ1) is 14.0. The summed E-state index contributed by atoms with van der Waals surface area (Å²) in [6.45, 7) is 5.13. The van der Waals surface area contributed by atoms with Crippen LogP contribution in [0.3, 0.4) is 0 Å². The molecule has 29 heavy (non-hydrogen) atoms. The number of benzene rings is 1. The second-order valence-electron chi connectivity index (χ2n) is 6.94. The number of aryl methyl sites for hydroxylation is 1. The maximum Gasteiger partial charge on any atom is 0.259 e. The van der Waals surface area contributed by atoms with Crippen LogP contribution in [0, 0.1) is 5.92 Å². The summed E-state index contributed by atoms with van der Waals surface area (Å²) in [5, 5.41) is 14.7. The number of aromatic nitrogens is 2. The smallest absolute Gasteiger partial charge is 0.259 e. The first kappa shape index (κ1) is 20.9. The number of amides is 3. The van der Waals surface area contributed by atoms with Gasteiger partial charge >= 0.3 is 0 Å². The first-order valence-corrected chi connectivity index (χ1v) is 10.6. The Labute approximate surface area is 173 Å². The predicted molar refractivity (Wildman–Crippen MR) is 112 cm³/mol. The summed E-state index contributed by atoms with van der Waals surface area (Å²) in [5.74, 6) is -1.02. The molecule has 1 aliphatic heterocycles. The summed E-state index contributed by atoms with van der Waals surface area (Å²) in [6.07, 6.45) is 2.87. The van der Waals surface area contributed by atoms with Crippen LogP contribution in [-0.4, -0.2) is 45.9 Å². The summed E-state index contributed by atoms with van der Waals surface area (Å²) in [4.78, 5) is 39.3. The first-order valence-electron chi connectivity index (χ1n) is 9.83. The van der Waals surface area contributed by atoms with Gasteiger partial charge in [0, 0.05) is 19.5 Å². The highest BCUT2D eigenvalue weighted by Crippen LogP contribution is 2.23. The molecule has 1 atom stereocenters. The molecule has 0 radical (unpaired) electrons. The van der Waals surface area contributed by atoms with E-state index in [1.807, 2.05) is 6.92 Å². The highest BCUT2D eigenvalue weighted by Gasteiger charge is 2.34. The molecule has 2 heterocycles. The number of likely N-dealkylation sites (tertiary alicyclic amines) is 1. The molecule has 1 saturated heterocycles. The van der Waals surface area contributed by atoms with Crippen LogP contribution in [0.25, 0.3) is 0 Å². The lowest BCUT2D eigenvalue weighted by molar-refractivity contribution is -0.128. The molecule has 0 aliphatic carbocycles. The van der Waals surface area contributed by atoms with E-state index >= 15 is 0 Å². The quantitative estimate of drug-likeness (QED) is 0.690. The molecular formula is C20H25N5O3S. The van der Waals surface area contributed by atoms with Crippen LogP contribution in [0.4, 0.5) is 10.8 Å². The summed E-state index contributed by atoms with van der Waals surface area (Å²) in [6, 6.07) is 6.80. The average molecular weight is 416 g/mol. The van der Waals surface area contributed by atoms with Crippen LogP contribution >= 0.6 is 11.3 Å². The number of para-hydroxylation sites is 1. The van der Waals surface area contributed by atoms with Gasteiger partial charge < -0.3 is 10.2 Å². The van der Waals surface area contributed by atoms with Crippen molar-refractivity contribution in [3.8, 4) is 0 Å². The highest BCUT2D eigenvalue weighted by molar-refractivity contribution is 7.15. The Morgan fingerprint density at radius 3 is 2.72 bits per heavy atom. The van der Waals surface area contributed by atoms with E-state index in [1.54, 1.807) is 29.2 Å². The number of hydrogen-bond acceptors (Lipinski definition) is 6. The van der Waals surface area contributed by atoms with E-state index in [-0.39, 0.29) is 24.1 Å². The van der Waals surface area contributed by atoms with Crippen LogP contribution in [0.15, 0.2) is 24.3 Å². The molecule has 3 amide bonds. The molecule has 3 rings (SSSR count). The Kier molecular flexibility index (Phi) is 6.92. The third-order valence-electron chi connectivity index (χ3n) is 4.79. The lowest BCUT2D eigenvalue weighted by Gasteiger charge is -2.16. The fourth-order valence-electron chi connectivity index (χ4n) is 3.15. The molecule has 2 N–H and O–H groups in total. The zero-order chi connectivity index (χ0) is 20.8. The minimum atomic E-state index is -0.411. The fraction of sp³-hybridized carbons (Fsp3) is 0.450. The molecule has 1 aliphatic rings. The zero-order valence-corrected chi connectivity index (χ0v) is 17.4. The Morgan fingerprint density at radius 1 is 1.21 bits per heavy atom. The molecule has 1 aromatic carbocycles. The van der Waals surface area contributed by atoms with Crippen molar-refractivity contribution in [1.29, 1.82) is 0 Å².